The molecule has 0 spiro atoms. The quantitative estimate of drug-likeness (QED) is 0.481. The molecule has 1 N–H and O–H groups in total. The average Bonchev–Trinajstić information content (AvgIpc) is 2.74. The lowest BCUT2D eigenvalue weighted by Crippen LogP contribution is -2.45. The maximum atomic E-state index is 13.0. The zero-order valence-electron chi connectivity index (χ0n) is 19.8. The summed E-state index contributed by atoms with van der Waals surface area (Å²) in [6, 6.07) is 3.63. The molecule has 1 unspecified atom stereocenters. The van der Waals surface area contributed by atoms with Crippen LogP contribution in [0.2, 0.25) is 0 Å². The average molecular weight is 532 g/mol. The molecular formula is C21H29N3O9S2. The number of aromatic nitrogens is 1. The summed E-state index contributed by atoms with van der Waals surface area (Å²) < 4.78 is 69.7. The van der Waals surface area contributed by atoms with Crippen LogP contribution in [0.3, 0.4) is 0 Å². The molecule has 4 rings (SSSR count). The fourth-order valence-electron chi connectivity index (χ4n) is 4.37. The van der Waals surface area contributed by atoms with Crippen LogP contribution in [0.4, 0.5) is 5.69 Å². The van der Waals surface area contributed by atoms with E-state index in [2.05, 4.69) is 9.88 Å². The maximum absolute atomic E-state index is 13.0. The highest BCUT2D eigenvalue weighted by atomic mass is 32.2. The van der Waals surface area contributed by atoms with Gasteiger partial charge in [-0.1, -0.05) is 0 Å². The van der Waals surface area contributed by atoms with Gasteiger partial charge in [-0.05, 0) is 31.0 Å². The Balaban J connectivity index is 1.91. The predicted molar refractivity (Wildman–Crippen MR) is 128 cm³/mol. The number of nitrogens with one attached hydrogen (secondary N) is 1. The third kappa shape index (κ3) is 6.13. The van der Waals surface area contributed by atoms with Gasteiger partial charge in [-0.15, -0.1) is 4.28 Å². The van der Waals surface area contributed by atoms with Gasteiger partial charge in [0.15, 0.2) is 6.23 Å². The van der Waals surface area contributed by atoms with E-state index in [0.29, 0.717) is 43.0 Å². The standard InChI is InChI=1S/C21H29N3O9S2/c1-4-31-17-12-14(13-23-7-9-30-10-8-23)11-16-19(17)20-15(21(25)22-16)5-6-18(32-34(2,26)27)24(20)33-35(3,28)29/h11-12,18H,4-10,13H2,1-3H3,(H,22,25). The van der Waals surface area contributed by atoms with Crippen molar-refractivity contribution in [2.75, 3.05) is 50.5 Å². The summed E-state index contributed by atoms with van der Waals surface area (Å²) >= 11 is 0. The van der Waals surface area contributed by atoms with E-state index < -0.39 is 32.0 Å². The van der Waals surface area contributed by atoms with Crippen LogP contribution in [0.1, 0.15) is 24.5 Å². The number of hydrogen-bond donors (Lipinski definition) is 1. The van der Waals surface area contributed by atoms with E-state index in [1.54, 1.807) is 13.0 Å². The molecular weight excluding hydrogens is 502 g/mol. The molecule has 194 valence electrons. The number of hydroxylamine groups is 1. The SMILES string of the molecule is CCOc1cc(CN2CCOCC2)cc2[nH]c(=O)c3c(c12)N(OS(C)(=O)=O)C(OS(C)(=O)=O)CC3. The third-order valence-corrected chi connectivity index (χ3v) is 6.64. The Kier molecular flexibility index (Phi) is 7.41. The number of pyridine rings is 1. The minimum absolute atomic E-state index is 0.0171. The number of ether oxygens (including phenoxy) is 2. The van der Waals surface area contributed by atoms with Crippen molar-refractivity contribution in [3.63, 3.8) is 0 Å². The molecule has 1 saturated heterocycles. The Hall–Kier alpha value is -2.23. The van der Waals surface area contributed by atoms with E-state index in [-0.39, 0.29) is 24.1 Å². The zero-order valence-corrected chi connectivity index (χ0v) is 21.4. The maximum Gasteiger partial charge on any atom is 0.285 e. The molecule has 1 aromatic carbocycles. The third-order valence-electron chi connectivity index (χ3n) is 5.64. The second-order valence-electron chi connectivity index (χ2n) is 8.52. The van der Waals surface area contributed by atoms with Gasteiger partial charge in [-0.25, -0.2) is 9.25 Å². The van der Waals surface area contributed by atoms with Crippen LogP contribution in [0, 0.1) is 0 Å². The minimum Gasteiger partial charge on any atom is -0.493 e. The zero-order chi connectivity index (χ0) is 25.4. The molecule has 3 heterocycles. The van der Waals surface area contributed by atoms with E-state index in [9.17, 15) is 21.6 Å². The first-order valence-corrected chi connectivity index (χ1v) is 14.8. The highest BCUT2D eigenvalue weighted by Gasteiger charge is 2.37. The van der Waals surface area contributed by atoms with Crippen molar-refractivity contribution >= 4 is 36.8 Å². The van der Waals surface area contributed by atoms with E-state index in [0.717, 1.165) is 36.2 Å². The summed E-state index contributed by atoms with van der Waals surface area (Å²) in [6.45, 7) is 5.51. The number of H-pyrrole nitrogens is 1. The first-order valence-electron chi connectivity index (χ1n) is 11.2. The molecule has 0 amide bonds. The second-order valence-corrected chi connectivity index (χ2v) is 11.7. The van der Waals surface area contributed by atoms with Crippen molar-refractivity contribution in [3.8, 4) is 5.75 Å². The summed E-state index contributed by atoms with van der Waals surface area (Å²) in [4.78, 5) is 18.1. The Bertz CT molecular complexity index is 1370. The number of aromatic amines is 1. The van der Waals surface area contributed by atoms with Gasteiger partial charge in [0.1, 0.15) is 5.75 Å². The van der Waals surface area contributed by atoms with Crippen molar-refractivity contribution < 1.29 is 34.8 Å². The molecule has 2 aliphatic rings. The molecule has 0 aliphatic carbocycles. The van der Waals surface area contributed by atoms with Crippen LogP contribution in [0.25, 0.3) is 10.9 Å². The van der Waals surface area contributed by atoms with Crippen LogP contribution in [-0.2, 0) is 46.4 Å². The molecule has 1 atom stereocenters. The van der Waals surface area contributed by atoms with Crippen LogP contribution in [0.15, 0.2) is 16.9 Å². The van der Waals surface area contributed by atoms with E-state index in [4.69, 9.17) is 17.9 Å². The summed E-state index contributed by atoms with van der Waals surface area (Å²) in [5, 5.41) is 1.26. The molecule has 35 heavy (non-hydrogen) atoms. The first kappa shape index (κ1) is 25.9. The van der Waals surface area contributed by atoms with Gasteiger partial charge in [-0.2, -0.15) is 16.8 Å². The van der Waals surface area contributed by atoms with Gasteiger partial charge >= 0.3 is 0 Å². The molecule has 12 nitrogen and oxygen atoms in total. The van der Waals surface area contributed by atoms with Crippen molar-refractivity contribution in [1.29, 1.82) is 0 Å². The van der Waals surface area contributed by atoms with Gasteiger partial charge < -0.3 is 14.5 Å². The Morgan fingerprint density at radius 2 is 1.83 bits per heavy atom. The number of rotatable bonds is 8. The summed E-state index contributed by atoms with van der Waals surface area (Å²) in [6.07, 6.45) is 0.563. The van der Waals surface area contributed by atoms with Crippen molar-refractivity contribution in [2.24, 2.45) is 0 Å². The molecule has 0 radical (unpaired) electrons. The molecule has 1 fully saturated rings. The fraction of sp³-hybridized carbons (Fsp3) is 0.571. The molecule has 0 bridgehead atoms. The van der Waals surface area contributed by atoms with Crippen LogP contribution >= 0.6 is 0 Å². The van der Waals surface area contributed by atoms with Crippen LogP contribution in [-0.4, -0.2) is 78.4 Å². The predicted octanol–water partition coefficient (Wildman–Crippen LogP) is 0.705. The van der Waals surface area contributed by atoms with Gasteiger partial charge in [0.25, 0.3) is 25.8 Å². The second kappa shape index (κ2) is 10.0. The fourth-order valence-corrected chi connectivity index (χ4v) is 5.41. The number of benzene rings is 1. The lowest BCUT2D eigenvalue weighted by molar-refractivity contribution is 0.0342. The highest BCUT2D eigenvalue weighted by molar-refractivity contribution is 7.86. The number of hydrogen-bond acceptors (Lipinski definition) is 11. The van der Waals surface area contributed by atoms with Crippen molar-refractivity contribution in [1.82, 2.24) is 9.88 Å². The first-order chi connectivity index (χ1) is 16.4. The Morgan fingerprint density at radius 1 is 1.11 bits per heavy atom. The molecule has 2 aliphatic heterocycles. The summed E-state index contributed by atoms with van der Waals surface area (Å²) in [7, 11) is -8.08. The monoisotopic (exact) mass is 531 g/mol. The van der Waals surface area contributed by atoms with Crippen LogP contribution in [0.5, 0.6) is 5.75 Å². The number of nitrogens with zero attached hydrogens (tertiary/aromatic N) is 2. The normalized spacial score (nSPS) is 19.6. The minimum atomic E-state index is -4.11. The van der Waals surface area contributed by atoms with Gasteiger partial charge in [0.05, 0.1) is 48.9 Å². The Labute approximate surface area is 203 Å². The topological polar surface area (TPSA) is 145 Å². The van der Waals surface area contributed by atoms with Crippen molar-refractivity contribution in [2.45, 2.75) is 32.5 Å². The molecule has 0 saturated carbocycles. The highest BCUT2D eigenvalue weighted by Crippen LogP contribution is 2.41. The van der Waals surface area contributed by atoms with E-state index in [1.807, 2.05) is 6.07 Å². The Morgan fingerprint density at radius 3 is 2.46 bits per heavy atom. The molecule has 1 aromatic heterocycles. The van der Waals surface area contributed by atoms with Gasteiger partial charge in [0.2, 0.25) is 0 Å². The van der Waals surface area contributed by atoms with Gasteiger partial charge in [0, 0.05) is 31.6 Å². The molecule has 14 heteroatoms. The lowest BCUT2D eigenvalue weighted by Gasteiger charge is -2.35. The molecule has 2 aromatic rings. The summed E-state index contributed by atoms with van der Waals surface area (Å²) in [5.41, 5.74) is 1.21. The lowest BCUT2D eigenvalue weighted by atomic mass is 9.98. The number of morpholine rings is 1. The smallest absolute Gasteiger partial charge is 0.285 e. The van der Waals surface area contributed by atoms with Crippen LogP contribution < -0.4 is 15.4 Å². The van der Waals surface area contributed by atoms with Gasteiger partial charge in [-0.3, -0.25) is 9.69 Å². The number of fused-ring (bicyclic) bond motifs is 3. The van der Waals surface area contributed by atoms with E-state index in [1.165, 1.54) is 0 Å². The largest absolute Gasteiger partial charge is 0.493 e. The van der Waals surface area contributed by atoms with Crippen molar-refractivity contribution in [3.05, 3.63) is 33.6 Å². The summed E-state index contributed by atoms with van der Waals surface area (Å²) in [5.74, 6) is 0.405. The number of anilines is 1. The van der Waals surface area contributed by atoms with E-state index >= 15 is 0 Å².